The molecule has 1 aliphatic rings. The van der Waals surface area contributed by atoms with Gasteiger partial charge in [0.2, 0.25) is 5.91 Å². The van der Waals surface area contributed by atoms with Gasteiger partial charge in [-0.05, 0) is 24.3 Å². The summed E-state index contributed by atoms with van der Waals surface area (Å²) >= 11 is 0. The third-order valence-corrected chi connectivity index (χ3v) is 4.57. The normalized spacial score (nSPS) is 14.7. The molecule has 1 amide bonds. The summed E-state index contributed by atoms with van der Waals surface area (Å²) in [4.78, 5) is 20.3. The highest BCUT2D eigenvalue weighted by Gasteiger charge is 2.27. The Morgan fingerprint density at radius 1 is 1.24 bits per heavy atom. The number of nitrogens with one attached hydrogen (secondary N) is 1. The summed E-state index contributed by atoms with van der Waals surface area (Å²) in [5.41, 5.74) is 1.88. The van der Waals surface area contributed by atoms with Crippen LogP contribution in [-0.4, -0.2) is 35.1 Å². The van der Waals surface area contributed by atoms with Crippen molar-refractivity contribution in [3.05, 3.63) is 72.4 Å². The van der Waals surface area contributed by atoms with Crippen molar-refractivity contribution in [1.82, 2.24) is 15.3 Å². The largest absolute Gasteiger partial charge is 0.493 e. The highest BCUT2D eigenvalue weighted by molar-refractivity contribution is 5.76. The molecule has 0 unspecified atom stereocenters. The van der Waals surface area contributed by atoms with E-state index in [1.807, 2.05) is 30.3 Å². The fourth-order valence-corrected chi connectivity index (χ4v) is 3.23. The Balaban J connectivity index is 1.31. The average molecular weight is 393 g/mol. The van der Waals surface area contributed by atoms with Crippen LogP contribution in [0.3, 0.4) is 0 Å². The first kappa shape index (κ1) is 18.9. The third-order valence-electron chi connectivity index (χ3n) is 4.57. The molecule has 0 radical (unpaired) electrons. The third kappa shape index (κ3) is 4.68. The zero-order valence-electron chi connectivity index (χ0n) is 15.7. The van der Waals surface area contributed by atoms with E-state index in [0.29, 0.717) is 36.6 Å². The second-order valence-corrected chi connectivity index (χ2v) is 6.69. The van der Waals surface area contributed by atoms with Gasteiger partial charge in [-0.2, -0.15) is 0 Å². The maximum Gasteiger partial charge on any atom is 0.223 e. The quantitative estimate of drug-likeness (QED) is 0.668. The number of benzene rings is 2. The van der Waals surface area contributed by atoms with Crippen molar-refractivity contribution in [2.75, 3.05) is 13.2 Å². The minimum atomic E-state index is -0.351. The van der Waals surface area contributed by atoms with Crippen molar-refractivity contribution in [1.29, 1.82) is 0 Å². The molecule has 2 aromatic carbocycles. The van der Waals surface area contributed by atoms with E-state index in [1.54, 1.807) is 18.6 Å². The lowest BCUT2D eigenvalue weighted by Gasteiger charge is -2.13. The molecule has 0 saturated carbocycles. The molecule has 1 aliphatic heterocycles. The van der Waals surface area contributed by atoms with Crippen molar-refractivity contribution in [2.24, 2.45) is 0 Å². The average Bonchev–Trinajstić information content (AvgIpc) is 3.16. The van der Waals surface area contributed by atoms with Crippen LogP contribution in [0.2, 0.25) is 0 Å². The van der Waals surface area contributed by atoms with E-state index in [-0.39, 0.29) is 24.2 Å². The first-order valence-electron chi connectivity index (χ1n) is 9.39. The number of carbonyl (C=O) groups is 1. The van der Waals surface area contributed by atoms with E-state index in [4.69, 9.17) is 9.47 Å². The van der Waals surface area contributed by atoms with Crippen LogP contribution in [0.25, 0.3) is 11.3 Å². The fraction of sp³-hybridized carbons (Fsp3) is 0.227. The van der Waals surface area contributed by atoms with E-state index < -0.39 is 0 Å². The van der Waals surface area contributed by atoms with Gasteiger partial charge in [-0.25, -0.2) is 4.39 Å². The van der Waals surface area contributed by atoms with Gasteiger partial charge in [0.05, 0.1) is 31.5 Å². The van der Waals surface area contributed by atoms with E-state index in [1.165, 1.54) is 12.1 Å². The van der Waals surface area contributed by atoms with Crippen molar-refractivity contribution in [2.45, 2.75) is 18.9 Å². The molecule has 1 aromatic heterocycles. The fourth-order valence-electron chi connectivity index (χ4n) is 3.23. The number of amides is 1. The van der Waals surface area contributed by atoms with E-state index >= 15 is 0 Å². The summed E-state index contributed by atoms with van der Waals surface area (Å²) in [5, 5.41) is 2.85. The Bertz CT molecular complexity index is 983. The standard InChI is InChI=1S/C22H20FN3O3/c23-16-10-15-11-18(29-22(15)19(12-16)20-14-24-7-8-25-20)13-26-21(27)6-9-28-17-4-2-1-3-5-17/h1-5,7-8,10,12,14,18H,6,9,11,13H2,(H,26,27)/t18-/m0/s1. The van der Waals surface area contributed by atoms with Gasteiger partial charge in [-0.3, -0.25) is 14.8 Å². The number of hydrogen-bond acceptors (Lipinski definition) is 5. The molecule has 1 N–H and O–H groups in total. The summed E-state index contributed by atoms with van der Waals surface area (Å²) in [6.45, 7) is 0.629. The van der Waals surface area contributed by atoms with Crippen molar-refractivity contribution in [3.8, 4) is 22.8 Å². The van der Waals surface area contributed by atoms with Gasteiger partial charge in [-0.1, -0.05) is 18.2 Å². The van der Waals surface area contributed by atoms with Gasteiger partial charge in [0, 0.05) is 29.9 Å². The van der Waals surface area contributed by atoms with Crippen molar-refractivity contribution in [3.63, 3.8) is 0 Å². The van der Waals surface area contributed by atoms with Gasteiger partial charge in [0.15, 0.2) is 0 Å². The lowest BCUT2D eigenvalue weighted by molar-refractivity contribution is -0.121. The summed E-state index contributed by atoms with van der Waals surface area (Å²) in [5.74, 6) is 0.851. The molecule has 3 aromatic rings. The molecule has 0 saturated heterocycles. The van der Waals surface area contributed by atoms with E-state index in [9.17, 15) is 9.18 Å². The Labute approximate surface area is 167 Å². The second kappa shape index (κ2) is 8.68. The summed E-state index contributed by atoms with van der Waals surface area (Å²) in [6.07, 6.45) is 5.18. The maximum absolute atomic E-state index is 14.0. The van der Waals surface area contributed by atoms with Gasteiger partial charge in [-0.15, -0.1) is 0 Å². The van der Waals surface area contributed by atoms with Crippen molar-refractivity contribution >= 4 is 5.91 Å². The molecule has 29 heavy (non-hydrogen) atoms. The van der Waals surface area contributed by atoms with Crippen LogP contribution in [0.1, 0.15) is 12.0 Å². The van der Waals surface area contributed by atoms with Crippen LogP contribution in [0, 0.1) is 5.82 Å². The molecule has 1 atom stereocenters. The molecule has 0 fully saturated rings. The molecule has 0 bridgehead atoms. The van der Waals surface area contributed by atoms with E-state index in [2.05, 4.69) is 15.3 Å². The van der Waals surface area contributed by atoms with Crippen LogP contribution < -0.4 is 14.8 Å². The molecule has 148 valence electrons. The zero-order valence-corrected chi connectivity index (χ0v) is 15.7. The number of hydrogen-bond donors (Lipinski definition) is 1. The van der Waals surface area contributed by atoms with Crippen LogP contribution in [0.15, 0.2) is 61.1 Å². The second-order valence-electron chi connectivity index (χ2n) is 6.69. The van der Waals surface area contributed by atoms with Crippen LogP contribution in [0.5, 0.6) is 11.5 Å². The zero-order chi connectivity index (χ0) is 20.1. The monoisotopic (exact) mass is 393 g/mol. The SMILES string of the molecule is O=C(CCOc1ccccc1)NC[C@@H]1Cc2cc(F)cc(-c3cnccn3)c2O1. The Morgan fingerprint density at radius 2 is 2.10 bits per heavy atom. The molecule has 7 heteroatoms. The number of ether oxygens (including phenoxy) is 2. The Hall–Kier alpha value is -3.48. The maximum atomic E-state index is 14.0. The number of para-hydroxylation sites is 1. The predicted octanol–water partition coefficient (Wildman–Crippen LogP) is 3.17. The van der Waals surface area contributed by atoms with Gasteiger partial charge >= 0.3 is 0 Å². The molecule has 2 heterocycles. The molecular formula is C22H20FN3O3. The number of nitrogens with zero attached hydrogens (tertiary/aromatic N) is 2. The molecule has 4 rings (SSSR count). The first-order valence-corrected chi connectivity index (χ1v) is 9.39. The first-order chi connectivity index (χ1) is 14.2. The highest BCUT2D eigenvalue weighted by atomic mass is 19.1. The molecule has 0 aliphatic carbocycles. The Morgan fingerprint density at radius 3 is 2.90 bits per heavy atom. The number of aromatic nitrogens is 2. The van der Waals surface area contributed by atoms with Crippen LogP contribution in [0.4, 0.5) is 4.39 Å². The topological polar surface area (TPSA) is 73.3 Å². The van der Waals surface area contributed by atoms with Gasteiger partial charge in [0.25, 0.3) is 0 Å². The summed E-state index contributed by atoms with van der Waals surface area (Å²) in [6, 6.07) is 12.2. The number of carbonyl (C=O) groups excluding carboxylic acids is 1. The lowest BCUT2D eigenvalue weighted by atomic mass is 10.0. The van der Waals surface area contributed by atoms with Crippen LogP contribution >= 0.6 is 0 Å². The van der Waals surface area contributed by atoms with Crippen molar-refractivity contribution < 1.29 is 18.7 Å². The molecule has 0 spiro atoms. The number of rotatable bonds is 7. The van der Waals surface area contributed by atoms with E-state index in [0.717, 1.165) is 11.3 Å². The predicted molar refractivity (Wildman–Crippen MR) is 105 cm³/mol. The highest BCUT2D eigenvalue weighted by Crippen LogP contribution is 2.38. The minimum Gasteiger partial charge on any atom is -0.493 e. The minimum absolute atomic E-state index is 0.124. The smallest absolute Gasteiger partial charge is 0.223 e. The number of fused-ring (bicyclic) bond motifs is 1. The lowest BCUT2D eigenvalue weighted by Crippen LogP contribution is -2.35. The Kier molecular flexibility index (Phi) is 5.65. The van der Waals surface area contributed by atoms with Gasteiger partial charge < -0.3 is 14.8 Å². The number of halogens is 1. The molecule has 6 nitrogen and oxygen atoms in total. The summed E-state index contributed by atoms with van der Waals surface area (Å²) < 4.78 is 25.6. The van der Waals surface area contributed by atoms with Gasteiger partial charge in [0.1, 0.15) is 23.4 Å². The van der Waals surface area contributed by atoms with Crippen LogP contribution in [-0.2, 0) is 11.2 Å². The molecular weight excluding hydrogens is 373 g/mol. The summed E-state index contributed by atoms with van der Waals surface area (Å²) in [7, 11) is 0.